The molecule has 0 aliphatic carbocycles. The first-order valence-corrected chi connectivity index (χ1v) is 13.2. The molecule has 1 aromatic rings. The molecule has 196 valence electrons. The number of urea groups is 1. The average molecular weight is 490 g/mol. The fraction of sp³-hybridized carbons (Fsp3) is 0.731. The number of aromatic nitrogens is 1. The largest absolute Gasteiger partial charge is 0.480 e. The summed E-state index contributed by atoms with van der Waals surface area (Å²) in [4.78, 5) is 33.1. The number of fused-ring (bicyclic) bond motifs is 1. The number of hydrogen-bond donors (Lipinski definition) is 3. The molecule has 0 spiro atoms. The topological polar surface area (TPSA) is 107 Å². The van der Waals surface area contributed by atoms with Crippen molar-refractivity contribution in [1.29, 1.82) is 0 Å². The maximum Gasteiger partial charge on any atom is 0.326 e. The maximum absolute atomic E-state index is 12.6. The molecule has 2 aliphatic rings. The summed E-state index contributed by atoms with van der Waals surface area (Å²) >= 11 is 0. The van der Waals surface area contributed by atoms with Crippen molar-refractivity contribution < 1.29 is 19.4 Å². The number of carboxylic acids is 1. The Morgan fingerprint density at radius 3 is 2.77 bits per heavy atom. The van der Waals surface area contributed by atoms with Gasteiger partial charge in [0.15, 0.2) is 0 Å². The van der Waals surface area contributed by atoms with E-state index in [4.69, 9.17) is 9.72 Å². The van der Waals surface area contributed by atoms with Gasteiger partial charge in [0.2, 0.25) is 0 Å². The maximum atomic E-state index is 12.6. The van der Waals surface area contributed by atoms with Crippen molar-refractivity contribution in [3.05, 3.63) is 23.4 Å². The fourth-order valence-corrected chi connectivity index (χ4v) is 5.03. The molecule has 1 fully saturated rings. The van der Waals surface area contributed by atoms with Crippen molar-refractivity contribution >= 4 is 17.8 Å². The average Bonchev–Trinajstić information content (AvgIpc) is 2.83. The van der Waals surface area contributed by atoms with Crippen molar-refractivity contribution in [3.8, 4) is 0 Å². The summed E-state index contributed by atoms with van der Waals surface area (Å²) in [5.74, 6) is 0.0481. The first-order chi connectivity index (χ1) is 16.9. The number of ether oxygens (including phenoxy) is 1. The number of aryl methyl sites for hydroxylation is 2. The third-order valence-corrected chi connectivity index (χ3v) is 7.06. The zero-order valence-electron chi connectivity index (χ0n) is 21.6. The van der Waals surface area contributed by atoms with Crippen LogP contribution in [0.1, 0.15) is 64.1 Å². The third kappa shape index (κ3) is 8.07. The third-order valence-electron chi connectivity index (χ3n) is 7.06. The molecule has 35 heavy (non-hydrogen) atoms. The highest BCUT2D eigenvalue weighted by Gasteiger charge is 2.37. The molecule has 0 radical (unpaired) electrons. The van der Waals surface area contributed by atoms with E-state index in [0.717, 1.165) is 69.7 Å². The van der Waals surface area contributed by atoms with Gasteiger partial charge in [0.25, 0.3) is 0 Å². The summed E-state index contributed by atoms with van der Waals surface area (Å²) < 4.78 is 5.54. The second-order valence-corrected chi connectivity index (χ2v) is 9.81. The molecular weight excluding hydrogens is 446 g/mol. The van der Waals surface area contributed by atoms with Gasteiger partial charge in [0.1, 0.15) is 11.9 Å². The van der Waals surface area contributed by atoms with Gasteiger partial charge in [-0.05, 0) is 83.9 Å². The van der Waals surface area contributed by atoms with Crippen LogP contribution in [0.2, 0.25) is 0 Å². The number of aliphatic carboxylic acids is 1. The standard InChI is InChI=1S/C26H43N5O4/c1-4-35-17-16-30(14-6-5-9-22-11-10-21-8-7-13-27-24(21)28-22)15-12-23(25(32)33)29-26(34)31-19(2)18-20(31)3/h10-11,19-20,23H,4-9,12-18H2,1-3H3,(H,27,28)(H,29,34)(H,32,33)/t19-,20-,23+/m1/s1. The highest BCUT2D eigenvalue weighted by molar-refractivity contribution is 5.83. The van der Waals surface area contributed by atoms with E-state index in [1.165, 1.54) is 5.56 Å². The van der Waals surface area contributed by atoms with Crippen LogP contribution < -0.4 is 10.6 Å². The lowest BCUT2D eigenvalue weighted by Crippen LogP contribution is -2.61. The number of rotatable bonds is 14. The molecule has 1 saturated heterocycles. The summed E-state index contributed by atoms with van der Waals surface area (Å²) in [6, 6.07) is 3.46. The van der Waals surface area contributed by atoms with Crippen LogP contribution in [0, 0.1) is 0 Å². The number of hydrogen-bond acceptors (Lipinski definition) is 6. The van der Waals surface area contributed by atoms with Crippen LogP contribution in [0.3, 0.4) is 0 Å². The minimum absolute atomic E-state index is 0.155. The Kier molecular flexibility index (Phi) is 10.6. The van der Waals surface area contributed by atoms with E-state index < -0.39 is 12.0 Å². The molecule has 0 unspecified atom stereocenters. The van der Waals surface area contributed by atoms with E-state index >= 15 is 0 Å². The predicted molar refractivity (Wildman–Crippen MR) is 137 cm³/mol. The number of unbranched alkanes of at least 4 members (excludes halogenated alkanes) is 1. The molecule has 0 aromatic carbocycles. The molecule has 3 atom stereocenters. The molecule has 2 aliphatic heterocycles. The number of nitrogens with one attached hydrogen (secondary N) is 2. The van der Waals surface area contributed by atoms with Gasteiger partial charge >= 0.3 is 12.0 Å². The quantitative estimate of drug-likeness (QED) is 0.345. The summed E-state index contributed by atoms with van der Waals surface area (Å²) in [5, 5.41) is 15.8. The summed E-state index contributed by atoms with van der Waals surface area (Å²) in [7, 11) is 0. The van der Waals surface area contributed by atoms with Gasteiger partial charge in [-0.1, -0.05) is 6.07 Å². The Bertz CT molecular complexity index is 828. The SMILES string of the molecule is CCOCCN(CCCCc1ccc2c(n1)NCCC2)CC[C@H](NC(=O)N1[C@H](C)C[C@H]1C)C(=O)O. The number of amides is 2. The lowest BCUT2D eigenvalue weighted by molar-refractivity contribution is -0.139. The number of anilines is 1. The first kappa shape index (κ1) is 27.2. The van der Waals surface area contributed by atoms with Crippen LogP contribution >= 0.6 is 0 Å². The zero-order chi connectivity index (χ0) is 25.2. The minimum Gasteiger partial charge on any atom is -0.480 e. The van der Waals surface area contributed by atoms with Crippen LogP contribution in [0.5, 0.6) is 0 Å². The number of carbonyl (C=O) groups is 2. The molecule has 0 saturated carbocycles. The van der Waals surface area contributed by atoms with E-state index in [0.29, 0.717) is 26.2 Å². The second-order valence-electron chi connectivity index (χ2n) is 9.81. The highest BCUT2D eigenvalue weighted by atomic mass is 16.5. The van der Waals surface area contributed by atoms with Crippen LogP contribution in [-0.2, 0) is 22.4 Å². The first-order valence-electron chi connectivity index (χ1n) is 13.2. The van der Waals surface area contributed by atoms with Gasteiger partial charge in [-0.15, -0.1) is 0 Å². The van der Waals surface area contributed by atoms with Gasteiger partial charge in [0.05, 0.1) is 6.61 Å². The number of pyridine rings is 1. The predicted octanol–water partition coefficient (Wildman–Crippen LogP) is 3.14. The van der Waals surface area contributed by atoms with Crippen LogP contribution in [0.4, 0.5) is 10.6 Å². The van der Waals surface area contributed by atoms with Crippen molar-refractivity contribution in [2.24, 2.45) is 0 Å². The second kappa shape index (κ2) is 13.6. The molecular formula is C26H43N5O4. The zero-order valence-corrected chi connectivity index (χ0v) is 21.6. The van der Waals surface area contributed by atoms with E-state index in [2.05, 4.69) is 27.7 Å². The van der Waals surface area contributed by atoms with E-state index in [9.17, 15) is 14.7 Å². The van der Waals surface area contributed by atoms with Gasteiger partial charge in [0, 0.05) is 44.0 Å². The molecule has 9 nitrogen and oxygen atoms in total. The Morgan fingerprint density at radius 2 is 2.06 bits per heavy atom. The number of carbonyl (C=O) groups excluding carboxylic acids is 1. The molecule has 2 amide bonds. The van der Waals surface area contributed by atoms with Gasteiger partial charge in [-0.25, -0.2) is 14.6 Å². The van der Waals surface area contributed by atoms with Crippen LogP contribution in [0.25, 0.3) is 0 Å². The summed E-state index contributed by atoms with van der Waals surface area (Å²) in [6.07, 6.45) is 6.50. The smallest absolute Gasteiger partial charge is 0.326 e. The van der Waals surface area contributed by atoms with E-state index in [1.54, 1.807) is 4.90 Å². The van der Waals surface area contributed by atoms with Crippen LogP contribution in [-0.4, -0.2) is 89.4 Å². The number of likely N-dealkylation sites (tertiary alicyclic amines) is 1. The van der Waals surface area contributed by atoms with Gasteiger partial charge < -0.3 is 30.3 Å². The lowest BCUT2D eigenvalue weighted by atomic mass is 9.96. The summed E-state index contributed by atoms with van der Waals surface area (Å²) in [6.45, 7) is 10.4. The van der Waals surface area contributed by atoms with Crippen molar-refractivity contribution in [2.75, 3.05) is 44.7 Å². The lowest BCUT2D eigenvalue weighted by Gasteiger charge is -2.45. The fourth-order valence-electron chi connectivity index (χ4n) is 5.03. The van der Waals surface area contributed by atoms with Crippen molar-refractivity contribution in [3.63, 3.8) is 0 Å². The van der Waals surface area contributed by atoms with Crippen molar-refractivity contribution in [2.45, 2.75) is 83.8 Å². The Balaban J connectivity index is 1.45. The number of nitrogens with zero attached hydrogens (tertiary/aromatic N) is 3. The van der Waals surface area contributed by atoms with Gasteiger partial charge in [-0.2, -0.15) is 0 Å². The normalized spacial score (nSPS) is 20.1. The molecule has 3 N–H and O–H groups in total. The molecule has 1 aromatic heterocycles. The summed E-state index contributed by atoms with van der Waals surface area (Å²) in [5.41, 5.74) is 2.42. The Hall–Kier alpha value is -2.39. The molecule has 0 bridgehead atoms. The van der Waals surface area contributed by atoms with E-state index in [1.807, 2.05) is 20.8 Å². The Morgan fingerprint density at radius 1 is 1.26 bits per heavy atom. The monoisotopic (exact) mass is 489 g/mol. The number of carboxylic acid groups (broad SMARTS) is 1. The highest BCUT2D eigenvalue weighted by Crippen LogP contribution is 2.24. The molecule has 9 heteroatoms. The molecule has 3 heterocycles. The van der Waals surface area contributed by atoms with Gasteiger partial charge in [-0.3, -0.25) is 0 Å². The van der Waals surface area contributed by atoms with Crippen molar-refractivity contribution in [1.82, 2.24) is 20.1 Å². The minimum atomic E-state index is -0.990. The Labute approximate surface area is 209 Å². The molecule has 3 rings (SSSR count). The van der Waals surface area contributed by atoms with Crippen LogP contribution in [0.15, 0.2) is 12.1 Å². The van der Waals surface area contributed by atoms with E-state index in [-0.39, 0.29) is 18.1 Å².